The molecule has 2 aromatic rings. The summed E-state index contributed by atoms with van der Waals surface area (Å²) in [6.45, 7) is 1.77. The number of hydrogen-bond donors (Lipinski definition) is 1. The van der Waals surface area contributed by atoms with Crippen LogP contribution in [0.1, 0.15) is 41.8 Å². The van der Waals surface area contributed by atoms with Crippen molar-refractivity contribution in [1.82, 2.24) is 0 Å². The summed E-state index contributed by atoms with van der Waals surface area (Å²) in [6, 6.07) is 9.21. The molecule has 1 aromatic heterocycles. The number of benzene rings is 1. The molecule has 21 heavy (non-hydrogen) atoms. The van der Waals surface area contributed by atoms with Crippen molar-refractivity contribution in [3.05, 3.63) is 47.9 Å². The Morgan fingerprint density at radius 2 is 2.10 bits per heavy atom. The number of nitrogens with one attached hydrogen (secondary N) is 1. The number of ether oxygens (including phenoxy) is 1. The summed E-state index contributed by atoms with van der Waals surface area (Å²) in [4.78, 5) is 12.1. The first-order chi connectivity index (χ1) is 10.2. The van der Waals surface area contributed by atoms with Gasteiger partial charge in [0, 0.05) is 11.8 Å². The van der Waals surface area contributed by atoms with E-state index in [1.165, 1.54) is 19.1 Å². The van der Waals surface area contributed by atoms with Crippen LogP contribution < -0.4 is 10.1 Å². The molecule has 1 aromatic carbocycles. The van der Waals surface area contributed by atoms with Crippen LogP contribution >= 0.6 is 0 Å². The topological polar surface area (TPSA) is 51.5 Å². The second-order valence-electron chi connectivity index (χ2n) is 5.40. The van der Waals surface area contributed by atoms with Crippen molar-refractivity contribution in [3.63, 3.8) is 0 Å². The van der Waals surface area contributed by atoms with Crippen LogP contribution in [0, 0.1) is 6.92 Å². The van der Waals surface area contributed by atoms with Gasteiger partial charge < -0.3 is 14.5 Å². The third-order valence-corrected chi connectivity index (χ3v) is 3.80. The molecule has 110 valence electrons. The third kappa shape index (κ3) is 3.27. The Bertz CT molecular complexity index is 626. The maximum Gasteiger partial charge on any atom is 0.259 e. The van der Waals surface area contributed by atoms with Crippen molar-refractivity contribution in [2.24, 2.45) is 0 Å². The van der Waals surface area contributed by atoms with Crippen molar-refractivity contribution in [2.45, 2.75) is 38.7 Å². The molecular weight excluding hydrogens is 266 g/mol. The van der Waals surface area contributed by atoms with Crippen LogP contribution in [0.2, 0.25) is 0 Å². The van der Waals surface area contributed by atoms with Gasteiger partial charge in [0.2, 0.25) is 0 Å². The Morgan fingerprint density at radius 3 is 2.81 bits per heavy atom. The summed E-state index contributed by atoms with van der Waals surface area (Å²) in [6.07, 6.45) is 6.54. The van der Waals surface area contributed by atoms with E-state index >= 15 is 0 Å². The first kappa shape index (κ1) is 13.7. The Morgan fingerprint density at radius 1 is 1.29 bits per heavy atom. The molecule has 1 saturated carbocycles. The summed E-state index contributed by atoms with van der Waals surface area (Å²) < 4.78 is 11.1. The zero-order chi connectivity index (χ0) is 14.7. The number of amides is 1. The van der Waals surface area contributed by atoms with Crippen molar-refractivity contribution >= 4 is 11.6 Å². The Kier molecular flexibility index (Phi) is 3.95. The van der Waals surface area contributed by atoms with Gasteiger partial charge in [-0.3, -0.25) is 4.79 Å². The third-order valence-electron chi connectivity index (χ3n) is 3.80. The lowest BCUT2D eigenvalue weighted by molar-refractivity contribution is 0.102. The summed E-state index contributed by atoms with van der Waals surface area (Å²) in [5, 5.41) is 2.87. The molecule has 0 bridgehead atoms. The van der Waals surface area contributed by atoms with Gasteiger partial charge in [0.1, 0.15) is 11.5 Å². The molecule has 0 aliphatic heterocycles. The van der Waals surface area contributed by atoms with Crippen molar-refractivity contribution in [1.29, 1.82) is 0 Å². The van der Waals surface area contributed by atoms with Gasteiger partial charge in [0.05, 0.1) is 17.9 Å². The van der Waals surface area contributed by atoms with E-state index < -0.39 is 0 Å². The molecule has 4 heteroatoms. The van der Waals surface area contributed by atoms with E-state index in [4.69, 9.17) is 9.15 Å². The number of hydrogen-bond acceptors (Lipinski definition) is 3. The van der Waals surface area contributed by atoms with Crippen LogP contribution in [-0.4, -0.2) is 12.0 Å². The summed E-state index contributed by atoms with van der Waals surface area (Å²) in [5.41, 5.74) is 1.29. The monoisotopic (exact) mass is 285 g/mol. The molecule has 3 rings (SSSR count). The maximum atomic E-state index is 12.1. The highest BCUT2D eigenvalue weighted by Gasteiger charge is 2.17. The number of anilines is 1. The van der Waals surface area contributed by atoms with E-state index in [0.717, 1.165) is 24.3 Å². The van der Waals surface area contributed by atoms with Gasteiger partial charge in [-0.25, -0.2) is 0 Å². The zero-order valence-corrected chi connectivity index (χ0v) is 12.1. The number of aryl methyl sites for hydroxylation is 1. The van der Waals surface area contributed by atoms with E-state index in [9.17, 15) is 4.79 Å². The molecule has 1 heterocycles. The van der Waals surface area contributed by atoms with E-state index in [2.05, 4.69) is 5.32 Å². The van der Waals surface area contributed by atoms with Gasteiger partial charge in [0.15, 0.2) is 0 Å². The van der Waals surface area contributed by atoms with E-state index in [1.54, 1.807) is 13.0 Å². The summed E-state index contributed by atoms with van der Waals surface area (Å²) in [7, 11) is 0. The highest BCUT2D eigenvalue weighted by Crippen LogP contribution is 2.26. The van der Waals surface area contributed by atoms with Crippen LogP contribution in [0.3, 0.4) is 0 Å². The molecular formula is C17H19NO3. The molecule has 1 fully saturated rings. The van der Waals surface area contributed by atoms with Gasteiger partial charge >= 0.3 is 0 Å². The number of carbonyl (C=O) groups is 1. The average Bonchev–Trinajstić information content (AvgIpc) is 3.10. The predicted molar refractivity (Wildman–Crippen MR) is 80.7 cm³/mol. The quantitative estimate of drug-likeness (QED) is 0.917. The fraction of sp³-hybridized carbons (Fsp3) is 0.353. The summed E-state index contributed by atoms with van der Waals surface area (Å²) in [5.74, 6) is 1.26. The van der Waals surface area contributed by atoms with E-state index in [1.807, 2.05) is 24.3 Å². The molecule has 0 saturated heterocycles. The maximum absolute atomic E-state index is 12.1. The first-order valence-electron chi connectivity index (χ1n) is 7.34. The molecule has 1 amide bonds. The molecule has 1 N–H and O–H groups in total. The minimum absolute atomic E-state index is 0.167. The SMILES string of the molecule is Cc1occc1C(=O)Nc1cccc(OC2CCCC2)c1. The molecule has 0 unspecified atom stereocenters. The second kappa shape index (κ2) is 6.04. The van der Waals surface area contributed by atoms with Crippen molar-refractivity contribution in [2.75, 3.05) is 5.32 Å². The number of rotatable bonds is 4. The largest absolute Gasteiger partial charge is 0.490 e. The van der Waals surface area contributed by atoms with E-state index in [0.29, 0.717) is 17.4 Å². The van der Waals surface area contributed by atoms with Crippen molar-refractivity contribution < 1.29 is 13.9 Å². The van der Waals surface area contributed by atoms with Gasteiger partial charge in [-0.15, -0.1) is 0 Å². The lowest BCUT2D eigenvalue weighted by Crippen LogP contribution is -2.13. The first-order valence-corrected chi connectivity index (χ1v) is 7.34. The van der Waals surface area contributed by atoms with Gasteiger partial charge in [0.25, 0.3) is 5.91 Å². The van der Waals surface area contributed by atoms with Crippen LogP contribution in [-0.2, 0) is 0 Å². The Hall–Kier alpha value is -2.23. The Labute approximate surface area is 124 Å². The molecule has 1 aliphatic rings. The molecule has 1 aliphatic carbocycles. The molecule has 0 spiro atoms. The standard InChI is InChI=1S/C17H19NO3/c1-12-16(9-10-20-12)17(19)18-13-5-4-8-15(11-13)21-14-6-2-3-7-14/h4-5,8-11,14H,2-3,6-7H2,1H3,(H,18,19). The highest BCUT2D eigenvalue weighted by molar-refractivity contribution is 6.04. The van der Waals surface area contributed by atoms with Gasteiger partial charge in [-0.2, -0.15) is 0 Å². The minimum atomic E-state index is -0.167. The zero-order valence-electron chi connectivity index (χ0n) is 12.1. The van der Waals surface area contributed by atoms with Crippen LogP contribution in [0.5, 0.6) is 5.75 Å². The minimum Gasteiger partial charge on any atom is -0.490 e. The van der Waals surface area contributed by atoms with Crippen LogP contribution in [0.15, 0.2) is 41.0 Å². The molecule has 0 radical (unpaired) electrons. The van der Waals surface area contributed by atoms with Crippen LogP contribution in [0.25, 0.3) is 0 Å². The second-order valence-corrected chi connectivity index (χ2v) is 5.40. The smallest absolute Gasteiger partial charge is 0.259 e. The predicted octanol–water partition coefficient (Wildman–Crippen LogP) is 4.16. The lowest BCUT2D eigenvalue weighted by Gasteiger charge is -2.14. The Balaban J connectivity index is 1.68. The van der Waals surface area contributed by atoms with Gasteiger partial charge in [-0.1, -0.05) is 6.07 Å². The fourth-order valence-electron chi connectivity index (χ4n) is 2.66. The van der Waals surface area contributed by atoms with Crippen LogP contribution in [0.4, 0.5) is 5.69 Å². The molecule has 4 nitrogen and oxygen atoms in total. The van der Waals surface area contributed by atoms with Crippen molar-refractivity contribution in [3.8, 4) is 5.75 Å². The lowest BCUT2D eigenvalue weighted by atomic mass is 10.2. The number of carbonyl (C=O) groups excluding carboxylic acids is 1. The van der Waals surface area contributed by atoms with Gasteiger partial charge in [-0.05, 0) is 50.8 Å². The highest BCUT2D eigenvalue weighted by atomic mass is 16.5. The normalized spacial score (nSPS) is 15.1. The number of furan rings is 1. The average molecular weight is 285 g/mol. The van der Waals surface area contributed by atoms with E-state index in [-0.39, 0.29) is 5.91 Å². The summed E-state index contributed by atoms with van der Waals surface area (Å²) >= 11 is 0. The fourth-order valence-corrected chi connectivity index (χ4v) is 2.66. The molecule has 0 atom stereocenters.